The van der Waals surface area contributed by atoms with Crippen LogP contribution in [-0.4, -0.2) is 32.0 Å². The zero-order valence-electron chi connectivity index (χ0n) is 15.1. The van der Waals surface area contributed by atoms with Crippen molar-refractivity contribution in [2.75, 3.05) is 11.1 Å². The van der Waals surface area contributed by atoms with Crippen LogP contribution in [0.5, 0.6) is 5.75 Å². The number of nitrogens with zero attached hydrogens (tertiary/aromatic N) is 4. The molecule has 0 aliphatic heterocycles. The third-order valence-corrected chi connectivity index (χ3v) is 4.84. The number of hydrogen-bond acceptors (Lipinski definition) is 8. The number of anilines is 2. The lowest BCUT2D eigenvalue weighted by Gasteiger charge is -2.30. The SMILES string of the molecule is Nc1cc(OC2CCC(Nc3ccc([N+](=O)[O-])cn3)CC2)c2nccnc2c1. The Hall–Kier alpha value is -3.49. The molecule has 144 valence electrons. The van der Waals surface area contributed by atoms with E-state index in [1.54, 1.807) is 30.6 Å². The molecule has 0 radical (unpaired) electrons. The molecule has 2 aromatic heterocycles. The molecule has 1 aliphatic carbocycles. The molecule has 2 heterocycles. The van der Waals surface area contributed by atoms with E-state index in [1.165, 1.54) is 12.3 Å². The standard InChI is InChI=1S/C19H20N6O3/c20-12-9-16-19(22-8-7-21-16)17(10-12)28-15-4-1-13(2-5-15)24-18-6-3-14(11-23-18)25(26)27/h3,6-11,13,15H,1-2,4-5,20H2,(H,23,24). The van der Waals surface area contributed by atoms with Crippen molar-refractivity contribution in [3.05, 3.63) is 53.0 Å². The van der Waals surface area contributed by atoms with Gasteiger partial charge in [0.05, 0.1) is 16.5 Å². The summed E-state index contributed by atoms with van der Waals surface area (Å²) in [5, 5.41) is 14.0. The summed E-state index contributed by atoms with van der Waals surface area (Å²) >= 11 is 0. The number of hydrogen-bond donors (Lipinski definition) is 2. The molecule has 1 aliphatic rings. The Kier molecular flexibility index (Phi) is 4.88. The summed E-state index contributed by atoms with van der Waals surface area (Å²) in [4.78, 5) is 23.0. The van der Waals surface area contributed by atoms with Crippen LogP contribution in [0.1, 0.15) is 25.7 Å². The largest absolute Gasteiger partial charge is 0.488 e. The average Bonchev–Trinajstić information content (AvgIpc) is 2.70. The molecular formula is C19H20N6O3. The van der Waals surface area contributed by atoms with Gasteiger partial charge >= 0.3 is 0 Å². The van der Waals surface area contributed by atoms with Crippen LogP contribution in [0.4, 0.5) is 17.2 Å². The van der Waals surface area contributed by atoms with Crippen LogP contribution in [0.25, 0.3) is 11.0 Å². The number of nitro groups is 1. The van der Waals surface area contributed by atoms with Gasteiger partial charge in [-0.2, -0.15) is 0 Å². The van der Waals surface area contributed by atoms with Crippen molar-refractivity contribution in [1.82, 2.24) is 15.0 Å². The lowest BCUT2D eigenvalue weighted by molar-refractivity contribution is -0.385. The van der Waals surface area contributed by atoms with Crippen LogP contribution in [-0.2, 0) is 0 Å². The topological polar surface area (TPSA) is 129 Å². The zero-order chi connectivity index (χ0) is 19.5. The summed E-state index contributed by atoms with van der Waals surface area (Å²) in [6, 6.07) is 6.93. The summed E-state index contributed by atoms with van der Waals surface area (Å²) in [7, 11) is 0. The van der Waals surface area contributed by atoms with E-state index in [1.807, 2.05) is 0 Å². The Balaban J connectivity index is 1.36. The van der Waals surface area contributed by atoms with E-state index in [0.29, 0.717) is 22.8 Å². The molecule has 28 heavy (non-hydrogen) atoms. The van der Waals surface area contributed by atoms with E-state index in [0.717, 1.165) is 31.2 Å². The van der Waals surface area contributed by atoms with Crippen molar-refractivity contribution in [2.45, 2.75) is 37.8 Å². The fourth-order valence-electron chi connectivity index (χ4n) is 3.45. The third-order valence-electron chi connectivity index (χ3n) is 4.84. The lowest BCUT2D eigenvalue weighted by atomic mass is 9.93. The zero-order valence-corrected chi connectivity index (χ0v) is 15.1. The number of aromatic nitrogens is 3. The van der Waals surface area contributed by atoms with Crippen molar-refractivity contribution >= 4 is 28.2 Å². The van der Waals surface area contributed by atoms with Gasteiger partial charge in [-0.15, -0.1) is 0 Å². The van der Waals surface area contributed by atoms with E-state index >= 15 is 0 Å². The average molecular weight is 380 g/mol. The molecule has 0 spiro atoms. The fourth-order valence-corrected chi connectivity index (χ4v) is 3.45. The molecule has 1 saturated carbocycles. The van der Waals surface area contributed by atoms with Crippen LogP contribution in [0, 0.1) is 10.1 Å². The molecule has 0 amide bonds. The highest BCUT2D eigenvalue weighted by atomic mass is 16.6. The molecule has 4 rings (SSSR count). The molecule has 0 unspecified atom stereocenters. The third kappa shape index (κ3) is 3.93. The summed E-state index contributed by atoms with van der Waals surface area (Å²) in [5.41, 5.74) is 7.98. The van der Waals surface area contributed by atoms with Gasteiger partial charge in [-0.05, 0) is 37.8 Å². The van der Waals surface area contributed by atoms with Crippen LogP contribution in [0.15, 0.2) is 42.9 Å². The molecule has 3 N–H and O–H groups in total. The van der Waals surface area contributed by atoms with E-state index < -0.39 is 4.92 Å². The Morgan fingerprint density at radius 3 is 2.61 bits per heavy atom. The minimum atomic E-state index is -0.455. The van der Waals surface area contributed by atoms with Gasteiger partial charge in [-0.25, -0.2) is 9.97 Å². The first kappa shape index (κ1) is 17.9. The highest BCUT2D eigenvalue weighted by Crippen LogP contribution is 2.30. The number of nitrogens with two attached hydrogens (primary N) is 1. The summed E-state index contributed by atoms with van der Waals surface area (Å²) in [6.45, 7) is 0. The van der Waals surface area contributed by atoms with Gasteiger partial charge in [0, 0.05) is 36.3 Å². The van der Waals surface area contributed by atoms with Crippen LogP contribution in [0.3, 0.4) is 0 Å². The van der Waals surface area contributed by atoms with Crippen molar-refractivity contribution < 1.29 is 9.66 Å². The molecule has 1 fully saturated rings. The number of nitrogens with one attached hydrogen (secondary N) is 1. The van der Waals surface area contributed by atoms with Crippen LogP contribution in [0.2, 0.25) is 0 Å². The van der Waals surface area contributed by atoms with E-state index in [9.17, 15) is 10.1 Å². The monoisotopic (exact) mass is 380 g/mol. The maximum Gasteiger partial charge on any atom is 0.287 e. The van der Waals surface area contributed by atoms with Gasteiger partial charge in [0.25, 0.3) is 5.69 Å². The first-order valence-electron chi connectivity index (χ1n) is 9.12. The summed E-state index contributed by atoms with van der Waals surface area (Å²) < 4.78 is 6.19. The minimum Gasteiger partial charge on any atom is -0.488 e. The Labute approximate surface area is 161 Å². The van der Waals surface area contributed by atoms with Crippen LogP contribution < -0.4 is 15.8 Å². The second-order valence-corrected chi connectivity index (χ2v) is 6.84. The fraction of sp³-hybridized carbons (Fsp3) is 0.316. The van der Waals surface area contributed by atoms with Gasteiger partial charge in [0.2, 0.25) is 0 Å². The van der Waals surface area contributed by atoms with Crippen molar-refractivity contribution in [3.8, 4) is 5.75 Å². The highest BCUT2D eigenvalue weighted by Gasteiger charge is 2.23. The molecule has 3 aromatic rings. The van der Waals surface area contributed by atoms with Crippen molar-refractivity contribution in [3.63, 3.8) is 0 Å². The minimum absolute atomic E-state index is 0.0138. The normalized spacial score (nSPS) is 19.3. The first-order valence-corrected chi connectivity index (χ1v) is 9.12. The van der Waals surface area contributed by atoms with E-state index in [4.69, 9.17) is 10.5 Å². The Morgan fingerprint density at radius 1 is 1.11 bits per heavy atom. The van der Waals surface area contributed by atoms with E-state index in [-0.39, 0.29) is 17.8 Å². The first-order chi connectivity index (χ1) is 13.6. The summed E-state index contributed by atoms with van der Waals surface area (Å²) in [5.74, 6) is 1.31. The maximum absolute atomic E-state index is 10.7. The van der Waals surface area contributed by atoms with E-state index in [2.05, 4.69) is 20.3 Å². The quantitative estimate of drug-likeness (QED) is 0.392. The van der Waals surface area contributed by atoms with Gasteiger partial charge in [0.1, 0.15) is 23.3 Å². The van der Waals surface area contributed by atoms with Gasteiger partial charge < -0.3 is 15.8 Å². The number of pyridine rings is 1. The number of fused-ring (bicyclic) bond motifs is 1. The number of rotatable bonds is 5. The van der Waals surface area contributed by atoms with Gasteiger partial charge in [-0.3, -0.25) is 15.1 Å². The second-order valence-electron chi connectivity index (χ2n) is 6.84. The van der Waals surface area contributed by atoms with Gasteiger partial charge in [0.15, 0.2) is 0 Å². The van der Waals surface area contributed by atoms with Gasteiger partial charge in [-0.1, -0.05) is 0 Å². The Morgan fingerprint density at radius 2 is 1.89 bits per heavy atom. The molecular weight excluding hydrogens is 360 g/mol. The molecule has 0 bridgehead atoms. The smallest absolute Gasteiger partial charge is 0.287 e. The van der Waals surface area contributed by atoms with Crippen molar-refractivity contribution in [1.29, 1.82) is 0 Å². The summed E-state index contributed by atoms with van der Waals surface area (Å²) in [6.07, 6.45) is 8.20. The van der Waals surface area contributed by atoms with Crippen molar-refractivity contribution in [2.24, 2.45) is 0 Å². The predicted octanol–water partition coefficient (Wildman–Crippen LogP) is 3.32. The Bertz CT molecular complexity index is 987. The predicted molar refractivity (Wildman–Crippen MR) is 105 cm³/mol. The molecule has 0 atom stereocenters. The lowest BCUT2D eigenvalue weighted by Crippen LogP contribution is -2.31. The number of nitrogen functional groups attached to an aromatic ring is 1. The molecule has 9 nitrogen and oxygen atoms in total. The second kappa shape index (κ2) is 7.63. The maximum atomic E-state index is 10.7. The molecule has 9 heteroatoms. The molecule has 1 aromatic carbocycles. The number of benzene rings is 1. The highest BCUT2D eigenvalue weighted by molar-refractivity contribution is 5.84. The number of ether oxygens (including phenoxy) is 1. The van der Waals surface area contributed by atoms with Crippen LogP contribution >= 0.6 is 0 Å². The molecule has 0 saturated heterocycles.